The molecule has 0 N–H and O–H groups in total. The second kappa shape index (κ2) is 8.37. The maximum atomic E-state index is 13.9. The number of hydrogen-bond donors (Lipinski definition) is 0. The number of piperidine rings is 1. The first kappa shape index (κ1) is 19.1. The molecule has 1 atom stereocenters. The first-order valence-electron chi connectivity index (χ1n) is 8.96. The highest BCUT2D eigenvalue weighted by Crippen LogP contribution is 2.23. The minimum atomic E-state index is -1.34. The van der Waals surface area contributed by atoms with Crippen molar-refractivity contribution in [2.75, 3.05) is 13.1 Å². The summed E-state index contributed by atoms with van der Waals surface area (Å²) >= 11 is 0. The summed E-state index contributed by atoms with van der Waals surface area (Å²) in [6.07, 6.45) is 2.27. The average Bonchev–Trinajstić information content (AvgIpc) is 2.69. The molecule has 1 aliphatic heterocycles. The number of rotatable bonds is 5. The third kappa shape index (κ3) is 4.56. The Bertz CT molecular complexity index is 839. The summed E-state index contributed by atoms with van der Waals surface area (Å²) in [6, 6.07) is 10.6. The van der Waals surface area contributed by atoms with E-state index in [4.69, 9.17) is 0 Å². The van der Waals surface area contributed by atoms with Crippen molar-refractivity contribution in [3.05, 3.63) is 71.0 Å². The lowest BCUT2D eigenvalue weighted by atomic mass is 9.90. The second-order valence-electron chi connectivity index (χ2n) is 6.79. The van der Waals surface area contributed by atoms with Gasteiger partial charge in [0.2, 0.25) is 0 Å². The van der Waals surface area contributed by atoms with E-state index in [2.05, 4.69) is 0 Å². The Kier molecular flexibility index (Phi) is 5.94. The van der Waals surface area contributed by atoms with Gasteiger partial charge in [-0.1, -0.05) is 30.3 Å². The lowest BCUT2D eigenvalue weighted by molar-refractivity contribution is -0.124. The van der Waals surface area contributed by atoms with Crippen LogP contribution < -0.4 is 0 Å². The summed E-state index contributed by atoms with van der Waals surface area (Å²) in [5.74, 6) is -4.69. The fourth-order valence-electron chi connectivity index (χ4n) is 3.40. The standard InChI is InChI=1S/C21H20F3NO2/c22-17-12-19(24)18(23)11-16(17)21(27)25-10-4-7-15(13-25)20(26)9-8-14-5-2-1-3-6-14/h1-3,5-6,11-12,15H,4,7-10,13H2/t15-/m0/s1. The molecule has 0 saturated carbocycles. The van der Waals surface area contributed by atoms with Gasteiger partial charge in [-0.3, -0.25) is 9.59 Å². The van der Waals surface area contributed by atoms with Crippen LogP contribution in [0.3, 0.4) is 0 Å². The van der Waals surface area contributed by atoms with Gasteiger partial charge in [-0.05, 0) is 30.9 Å². The number of ketones is 1. The molecule has 0 aliphatic carbocycles. The number of carbonyl (C=O) groups is 2. The predicted octanol–water partition coefficient (Wildman–Crippen LogP) is 4.16. The number of likely N-dealkylation sites (tertiary alicyclic amines) is 1. The molecule has 2 aromatic carbocycles. The molecular formula is C21H20F3NO2. The van der Waals surface area contributed by atoms with Crippen LogP contribution in [0, 0.1) is 23.4 Å². The Morgan fingerprint density at radius 2 is 1.70 bits per heavy atom. The third-order valence-corrected chi connectivity index (χ3v) is 4.91. The minimum Gasteiger partial charge on any atom is -0.338 e. The number of Topliss-reactive ketones (excluding diaryl/α,β-unsaturated/α-hetero) is 1. The Morgan fingerprint density at radius 1 is 1.00 bits per heavy atom. The van der Waals surface area contributed by atoms with Gasteiger partial charge in [-0.2, -0.15) is 0 Å². The van der Waals surface area contributed by atoms with Crippen LogP contribution >= 0.6 is 0 Å². The van der Waals surface area contributed by atoms with E-state index >= 15 is 0 Å². The molecule has 1 heterocycles. The molecule has 142 valence electrons. The van der Waals surface area contributed by atoms with Gasteiger partial charge in [0.25, 0.3) is 5.91 Å². The van der Waals surface area contributed by atoms with Crippen LogP contribution in [0.2, 0.25) is 0 Å². The van der Waals surface area contributed by atoms with E-state index in [-0.39, 0.29) is 18.2 Å². The van der Waals surface area contributed by atoms with Crippen LogP contribution in [0.25, 0.3) is 0 Å². The van der Waals surface area contributed by atoms with Gasteiger partial charge in [0.05, 0.1) is 5.56 Å². The summed E-state index contributed by atoms with van der Waals surface area (Å²) in [7, 11) is 0. The van der Waals surface area contributed by atoms with Crippen molar-refractivity contribution in [1.82, 2.24) is 4.90 Å². The van der Waals surface area contributed by atoms with E-state index < -0.39 is 28.9 Å². The maximum absolute atomic E-state index is 13.9. The van der Waals surface area contributed by atoms with Crippen LogP contribution in [0.15, 0.2) is 42.5 Å². The summed E-state index contributed by atoms with van der Waals surface area (Å²) < 4.78 is 40.3. The number of carbonyl (C=O) groups excluding carboxylic acids is 2. The largest absolute Gasteiger partial charge is 0.338 e. The van der Waals surface area contributed by atoms with E-state index in [1.165, 1.54) is 4.90 Å². The fourth-order valence-corrected chi connectivity index (χ4v) is 3.40. The van der Waals surface area contributed by atoms with E-state index in [1.54, 1.807) is 0 Å². The SMILES string of the molecule is O=C(CCc1ccccc1)[C@H]1CCCN(C(=O)c2cc(F)c(F)cc2F)C1. The lowest BCUT2D eigenvalue weighted by Gasteiger charge is -2.32. The van der Waals surface area contributed by atoms with Crippen molar-refractivity contribution in [3.63, 3.8) is 0 Å². The van der Waals surface area contributed by atoms with E-state index in [1.807, 2.05) is 30.3 Å². The van der Waals surface area contributed by atoms with Gasteiger partial charge in [0, 0.05) is 31.5 Å². The first-order valence-corrected chi connectivity index (χ1v) is 8.96. The lowest BCUT2D eigenvalue weighted by Crippen LogP contribution is -2.42. The van der Waals surface area contributed by atoms with E-state index in [0.29, 0.717) is 44.4 Å². The van der Waals surface area contributed by atoms with Gasteiger partial charge in [-0.25, -0.2) is 13.2 Å². The van der Waals surface area contributed by atoms with Crippen molar-refractivity contribution in [2.45, 2.75) is 25.7 Å². The molecule has 0 aromatic heterocycles. The number of aryl methyl sites for hydroxylation is 1. The molecule has 0 radical (unpaired) electrons. The van der Waals surface area contributed by atoms with Gasteiger partial charge >= 0.3 is 0 Å². The molecule has 1 amide bonds. The molecule has 3 nitrogen and oxygen atoms in total. The molecule has 6 heteroatoms. The number of nitrogens with zero attached hydrogens (tertiary/aromatic N) is 1. The second-order valence-corrected chi connectivity index (χ2v) is 6.79. The predicted molar refractivity (Wildman–Crippen MR) is 94.7 cm³/mol. The zero-order chi connectivity index (χ0) is 19.4. The van der Waals surface area contributed by atoms with Crippen molar-refractivity contribution in [2.24, 2.45) is 5.92 Å². The van der Waals surface area contributed by atoms with Crippen molar-refractivity contribution in [1.29, 1.82) is 0 Å². The van der Waals surface area contributed by atoms with Gasteiger partial charge in [0.15, 0.2) is 11.6 Å². The summed E-state index contributed by atoms with van der Waals surface area (Å²) in [6.45, 7) is 0.532. The number of halogens is 3. The number of hydrogen-bond acceptors (Lipinski definition) is 2. The van der Waals surface area contributed by atoms with Crippen LogP contribution in [0.4, 0.5) is 13.2 Å². The Hall–Kier alpha value is -2.63. The monoisotopic (exact) mass is 375 g/mol. The number of benzene rings is 2. The highest BCUT2D eigenvalue weighted by atomic mass is 19.2. The molecule has 1 aliphatic rings. The first-order chi connectivity index (χ1) is 13.0. The van der Waals surface area contributed by atoms with Gasteiger partial charge in [0.1, 0.15) is 11.6 Å². The van der Waals surface area contributed by atoms with Crippen molar-refractivity contribution < 1.29 is 22.8 Å². The molecule has 2 aromatic rings. The average molecular weight is 375 g/mol. The Morgan fingerprint density at radius 3 is 2.44 bits per heavy atom. The zero-order valence-electron chi connectivity index (χ0n) is 14.8. The fraction of sp³-hybridized carbons (Fsp3) is 0.333. The van der Waals surface area contributed by atoms with Gasteiger partial charge in [-0.15, -0.1) is 0 Å². The Balaban J connectivity index is 1.64. The molecule has 0 spiro atoms. The molecule has 1 saturated heterocycles. The highest BCUT2D eigenvalue weighted by Gasteiger charge is 2.30. The Labute approximate surface area is 155 Å². The van der Waals surface area contributed by atoms with Crippen LogP contribution in [0.1, 0.15) is 35.2 Å². The zero-order valence-corrected chi connectivity index (χ0v) is 14.8. The van der Waals surface area contributed by atoms with Gasteiger partial charge < -0.3 is 4.90 Å². The maximum Gasteiger partial charge on any atom is 0.256 e. The summed E-state index contributed by atoms with van der Waals surface area (Å²) in [5.41, 5.74) is 0.560. The van der Waals surface area contributed by atoms with Crippen molar-refractivity contribution >= 4 is 11.7 Å². The third-order valence-electron chi connectivity index (χ3n) is 4.91. The quantitative estimate of drug-likeness (QED) is 0.736. The number of amides is 1. The normalized spacial score (nSPS) is 17.0. The molecular weight excluding hydrogens is 355 g/mol. The van der Waals surface area contributed by atoms with E-state index in [0.717, 1.165) is 5.56 Å². The summed E-state index contributed by atoms with van der Waals surface area (Å²) in [4.78, 5) is 26.4. The molecule has 3 rings (SSSR count). The molecule has 1 fully saturated rings. The highest BCUT2D eigenvalue weighted by molar-refractivity contribution is 5.95. The topological polar surface area (TPSA) is 37.4 Å². The van der Waals surface area contributed by atoms with Crippen molar-refractivity contribution in [3.8, 4) is 0 Å². The molecule has 27 heavy (non-hydrogen) atoms. The minimum absolute atomic E-state index is 0.0575. The molecule has 0 bridgehead atoms. The smallest absolute Gasteiger partial charge is 0.256 e. The summed E-state index contributed by atoms with van der Waals surface area (Å²) in [5, 5.41) is 0. The van der Waals surface area contributed by atoms with Crippen LogP contribution in [-0.4, -0.2) is 29.7 Å². The van der Waals surface area contributed by atoms with E-state index in [9.17, 15) is 22.8 Å². The van der Waals surface area contributed by atoms with Crippen LogP contribution in [-0.2, 0) is 11.2 Å². The van der Waals surface area contributed by atoms with Crippen LogP contribution in [0.5, 0.6) is 0 Å². The molecule has 0 unspecified atom stereocenters.